The smallest absolute Gasteiger partial charge is 0.0652 e. The van der Waals surface area contributed by atoms with Gasteiger partial charge in [-0.2, -0.15) is 0 Å². The predicted octanol–water partition coefficient (Wildman–Crippen LogP) is 1.04. The molecule has 0 radical (unpaired) electrons. The molecular formula is C10H21NO2. The minimum Gasteiger partial charge on any atom is -0.383 e. The Labute approximate surface area is 80.8 Å². The molecule has 0 spiro atoms. The average molecular weight is 187 g/mol. The van der Waals surface area contributed by atoms with Gasteiger partial charge in [-0.3, -0.25) is 0 Å². The number of ether oxygens (including phenoxy) is 2. The van der Waals surface area contributed by atoms with Crippen LogP contribution in [0.4, 0.5) is 0 Å². The minimum atomic E-state index is 0.266. The second-order valence-corrected chi connectivity index (χ2v) is 4.28. The van der Waals surface area contributed by atoms with Crippen molar-refractivity contribution in [1.82, 2.24) is 5.32 Å². The molecule has 1 rings (SSSR count). The molecule has 13 heavy (non-hydrogen) atoms. The van der Waals surface area contributed by atoms with E-state index in [0.29, 0.717) is 12.1 Å². The van der Waals surface area contributed by atoms with Crippen LogP contribution in [0.2, 0.25) is 0 Å². The molecule has 0 aliphatic heterocycles. The molecule has 2 atom stereocenters. The molecule has 2 unspecified atom stereocenters. The number of methoxy groups -OCH3 is 2. The Balaban J connectivity index is 2.23. The van der Waals surface area contributed by atoms with Crippen molar-refractivity contribution in [3.8, 4) is 0 Å². The molecule has 78 valence electrons. The Morgan fingerprint density at radius 3 is 2.54 bits per heavy atom. The standard InChI is InChI=1S/C10H21NO2/c1-10(2)8(7-9(10)13-4)11-5-6-12-3/h8-9,11H,5-7H2,1-4H3. The topological polar surface area (TPSA) is 30.5 Å². The van der Waals surface area contributed by atoms with Crippen molar-refractivity contribution in [2.45, 2.75) is 32.4 Å². The van der Waals surface area contributed by atoms with Crippen molar-refractivity contribution in [2.75, 3.05) is 27.4 Å². The van der Waals surface area contributed by atoms with E-state index in [1.165, 1.54) is 0 Å². The van der Waals surface area contributed by atoms with Gasteiger partial charge in [-0.1, -0.05) is 13.8 Å². The third-order valence-corrected chi connectivity index (χ3v) is 3.16. The van der Waals surface area contributed by atoms with Gasteiger partial charge in [0, 0.05) is 32.2 Å². The van der Waals surface area contributed by atoms with Crippen molar-refractivity contribution in [3.05, 3.63) is 0 Å². The number of nitrogens with one attached hydrogen (secondary N) is 1. The Hall–Kier alpha value is -0.120. The molecule has 1 saturated carbocycles. The van der Waals surface area contributed by atoms with Crippen molar-refractivity contribution in [2.24, 2.45) is 5.41 Å². The summed E-state index contributed by atoms with van der Waals surface area (Å²) in [6, 6.07) is 0.576. The highest BCUT2D eigenvalue weighted by atomic mass is 16.5. The lowest BCUT2D eigenvalue weighted by molar-refractivity contribution is -0.0980. The summed E-state index contributed by atoms with van der Waals surface area (Å²) in [6.45, 7) is 6.20. The minimum absolute atomic E-state index is 0.266. The van der Waals surface area contributed by atoms with Crippen LogP contribution in [0.1, 0.15) is 20.3 Å². The third kappa shape index (κ3) is 2.22. The summed E-state index contributed by atoms with van der Waals surface area (Å²) in [5.74, 6) is 0. The fraction of sp³-hybridized carbons (Fsp3) is 1.00. The fourth-order valence-electron chi connectivity index (χ4n) is 1.97. The molecule has 0 aromatic rings. The highest BCUT2D eigenvalue weighted by molar-refractivity contribution is 5.02. The van der Waals surface area contributed by atoms with Crippen molar-refractivity contribution in [1.29, 1.82) is 0 Å². The van der Waals surface area contributed by atoms with E-state index in [4.69, 9.17) is 9.47 Å². The molecule has 0 saturated heterocycles. The summed E-state index contributed by atoms with van der Waals surface area (Å²) in [4.78, 5) is 0. The highest BCUT2D eigenvalue weighted by Gasteiger charge is 2.47. The maximum atomic E-state index is 5.37. The molecule has 0 aromatic heterocycles. The molecule has 0 heterocycles. The summed E-state index contributed by atoms with van der Waals surface area (Å²) in [5, 5.41) is 3.47. The molecule has 3 heteroatoms. The van der Waals surface area contributed by atoms with Crippen LogP contribution < -0.4 is 5.32 Å². The van der Waals surface area contributed by atoms with E-state index in [0.717, 1.165) is 19.6 Å². The Kier molecular flexibility index (Phi) is 3.71. The van der Waals surface area contributed by atoms with Gasteiger partial charge in [0.05, 0.1) is 12.7 Å². The molecule has 1 fully saturated rings. The van der Waals surface area contributed by atoms with Crippen LogP contribution >= 0.6 is 0 Å². The molecule has 1 N–H and O–H groups in total. The first kappa shape index (κ1) is 11.0. The molecule has 1 aliphatic carbocycles. The van der Waals surface area contributed by atoms with E-state index < -0.39 is 0 Å². The predicted molar refractivity (Wildman–Crippen MR) is 52.9 cm³/mol. The van der Waals surface area contributed by atoms with E-state index in [1.807, 2.05) is 0 Å². The van der Waals surface area contributed by atoms with E-state index in [1.54, 1.807) is 14.2 Å². The zero-order valence-electron chi connectivity index (χ0n) is 9.09. The van der Waals surface area contributed by atoms with Crippen LogP contribution in [0.3, 0.4) is 0 Å². The SMILES string of the molecule is COCCNC1CC(OC)C1(C)C. The first-order valence-corrected chi connectivity index (χ1v) is 4.88. The van der Waals surface area contributed by atoms with Gasteiger partial charge in [-0.25, -0.2) is 0 Å². The first-order chi connectivity index (χ1) is 6.12. The van der Waals surface area contributed by atoms with Crippen LogP contribution in [0, 0.1) is 5.41 Å². The van der Waals surface area contributed by atoms with Gasteiger partial charge in [-0.15, -0.1) is 0 Å². The highest BCUT2D eigenvalue weighted by Crippen LogP contribution is 2.42. The van der Waals surface area contributed by atoms with Crippen LogP contribution in [-0.2, 0) is 9.47 Å². The van der Waals surface area contributed by atoms with Gasteiger partial charge in [-0.05, 0) is 6.42 Å². The van der Waals surface area contributed by atoms with E-state index in [2.05, 4.69) is 19.2 Å². The third-order valence-electron chi connectivity index (χ3n) is 3.16. The van der Waals surface area contributed by atoms with Gasteiger partial charge in [0.15, 0.2) is 0 Å². The molecule has 3 nitrogen and oxygen atoms in total. The quantitative estimate of drug-likeness (QED) is 0.652. The monoisotopic (exact) mass is 187 g/mol. The van der Waals surface area contributed by atoms with Gasteiger partial charge in [0.25, 0.3) is 0 Å². The fourth-order valence-corrected chi connectivity index (χ4v) is 1.97. The zero-order valence-corrected chi connectivity index (χ0v) is 9.09. The first-order valence-electron chi connectivity index (χ1n) is 4.88. The lowest BCUT2D eigenvalue weighted by atomic mass is 9.64. The summed E-state index contributed by atoms with van der Waals surface area (Å²) in [6.07, 6.45) is 1.53. The maximum absolute atomic E-state index is 5.37. The molecule has 0 bridgehead atoms. The lowest BCUT2D eigenvalue weighted by Gasteiger charge is -2.51. The average Bonchev–Trinajstić information content (AvgIpc) is 2.10. The molecule has 0 aromatic carbocycles. The van der Waals surface area contributed by atoms with Gasteiger partial charge in [0.2, 0.25) is 0 Å². The second-order valence-electron chi connectivity index (χ2n) is 4.28. The van der Waals surface area contributed by atoms with Crippen molar-refractivity contribution < 1.29 is 9.47 Å². The van der Waals surface area contributed by atoms with Crippen LogP contribution in [0.15, 0.2) is 0 Å². The second kappa shape index (κ2) is 4.40. The van der Waals surface area contributed by atoms with Crippen molar-refractivity contribution in [3.63, 3.8) is 0 Å². The summed E-state index contributed by atoms with van der Waals surface area (Å²) < 4.78 is 10.4. The Bertz CT molecular complexity index is 159. The van der Waals surface area contributed by atoms with E-state index in [9.17, 15) is 0 Å². The number of rotatable bonds is 5. The molecule has 1 aliphatic rings. The van der Waals surface area contributed by atoms with Crippen LogP contribution in [-0.4, -0.2) is 39.5 Å². The molecular weight excluding hydrogens is 166 g/mol. The summed E-state index contributed by atoms with van der Waals surface area (Å²) in [5.41, 5.74) is 0.266. The Morgan fingerprint density at radius 2 is 2.08 bits per heavy atom. The zero-order chi connectivity index (χ0) is 9.90. The number of hydrogen-bond donors (Lipinski definition) is 1. The van der Waals surface area contributed by atoms with Gasteiger partial charge < -0.3 is 14.8 Å². The van der Waals surface area contributed by atoms with Crippen LogP contribution in [0.5, 0.6) is 0 Å². The van der Waals surface area contributed by atoms with Gasteiger partial charge in [0.1, 0.15) is 0 Å². The lowest BCUT2D eigenvalue weighted by Crippen LogP contribution is -2.61. The van der Waals surface area contributed by atoms with Gasteiger partial charge >= 0.3 is 0 Å². The van der Waals surface area contributed by atoms with E-state index in [-0.39, 0.29) is 5.41 Å². The maximum Gasteiger partial charge on any atom is 0.0652 e. The summed E-state index contributed by atoms with van der Waals surface area (Å²) in [7, 11) is 3.52. The van der Waals surface area contributed by atoms with Crippen LogP contribution in [0.25, 0.3) is 0 Å². The Morgan fingerprint density at radius 1 is 1.38 bits per heavy atom. The molecule has 0 amide bonds. The summed E-state index contributed by atoms with van der Waals surface area (Å²) >= 11 is 0. The van der Waals surface area contributed by atoms with Crippen molar-refractivity contribution >= 4 is 0 Å². The largest absolute Gasteiger partial charge is 0.383 e. The number of hydrogen-bond acceptors (Lipinski definition) is 3. The van der Waals surface area contributed by atoms with E-state index >= 15 is 0 Å². The normalized spacial score (nSPS) is 31.4.